The highest BCUT2D eigenvalue weighted by atomic mass is 32.1. The Kier molecular flexibility index (Phi) is 4.68. The highest BCUT2D eigenvalue weighted by molar-refractivity contribution is 7.13. The van der Waals surface area contributed by atoms with Crippen molar-refractivity contribution in [3.8, 4) is 16.6 Å². The van der Waals surface area contributed by atoms with Gasteiger partial charge in [-0.1, -0.05) is 12.1 Å². The van der Waals surface area contributed by atoms with Crippen molar-refractivity contribution < 1.29 is 9.18 Å². The first kappa shape index (κ1) is 15.6. The van der Waals surface area contributed by atoms with Crippen LogP contribution in [0.25, 0.3) is 10.6 Å². The third-order valence-corrected chi connectivity index (χ3v) is 4.66. The van der Waals surface area contributed by atoms with E-state index in [1.807, 2.05) is 0 Å². The van der Waals surface area contributed by atoms with E-state index in [2.05, 4.69) is 11.1 Å². The van der Waals surface area contributed by atoms with Gasteiger partial charge in [-0.25, -0.2) is 9.37 Å². The van der Waals surface area contributed by atoms with Crippen molar-refractivity contribution >= 4 is 17.2 Å². The van der Waals surface area contributed by atoms with Gasteiger partial charge >= 0.3 is 0 Å². The highest BCUT2D eigenvalue weighted by Gasteiger charge is 2.28. The molecule has 118 valence electrons. The summed E-state index contributed by atoms with van der Waals surface area (Å²) in [5, 5.41) is 10.9. The van der Waals surface area contributed by atoms with E-state index < -0.39 is 0 Å². The van der Waals surface area contributed by atoms with E-state index in [0.717, 1.165) is 12.8 Å². The lowest BCUT2D eigenvalue weighted by Crippen LogP contribution is -2.34. The molecule has 0 bridgehead atoms. The number of carbonyl (C=O) groups excluding carboxylic acids is 1. The second kappa shape index (κ2) is 6.88. The molecule has 0 saturated heterocycles. The largest absolute Gasteiger partial charge is 0.336 e. The molecule has 0 atom stereocenters. The average Bonchev–Trinajstić information content (AvgIpc) is 3.24. The van der Waals surface area contributed by atoms with E-state index in [1.54, 1.807) is 28.5 Å². The number of nitrogens with zero attached hydrogens (tertiary/aromatic N) is 3. The van der Waals surface area contributed by atoms with Crippen LogP contribution < -0.4 is 0 Å². The average molecular weight is 329 g/mol. The van der Waals surface area contributed by atoms with Gasteiger partial charge in [-0.05, 0) is 30.9 Å². The number of hydrogen-bond donors (Lipinski definition) is 0. The van der Waals surface area contributed by atoms with Crippen LogP contribution in [0.4, 0.5) is 4.39 Å². The summed E-state index contributed by atoms with van der Waals surface area (Å²) in [6.07, 6.45) is 2.57. The van der Waals surface area contributed by atoms with E-state index >= 15 is 0 Å². The van der Waals surface area contributed by atoms with Crippen molar-refractivity contribution in [1.82, 2.24) is 9.88 Å². The summed E-state index contributed by atoms with van der Waals surface area (Å²) in [7, 11) is 0. The van der Waals surface area contributed by atoms with Crippen LogP contribution in [0.1, 0.15) is 29.8 Å². The molecule has 1 aliphatic rings. The molecule has 3 rings (SSSR count). The quantitative estimate of drug-likeness (QED) is 0.811. The zero-order valence-corrected chi connectivity index (χ0v) is 13.4. The molecule has 1 aromatic carbocycles. The Morgan fingerprint density at radius 2 is 2.22 bits per heavy atom. The van der Waals surface area contributed by atoms with Crippen LogP contribution in [0.3, 0.4) is 0 Å². The van der Waals surface area contributed by atoms with Gasteiger partial charge in [-0.15, -0.1) is 11.3 Å². The molecule has 23 heavy (non-hydrogen) atoms. The Hall–Kier alpha value is -2.26. The fourth-order valence-electron chi connectivity index (χ4n) is 2.37. The summed E-state index contributed by atoms with van der Waals surface area (Å²) in [5.41, 5.74) is 0.731. The minimum atomic E-state index is -0.347. The van der Waals surface area contributed by atoms with Crippen molar-refractivity contribution in [3.63, 3.8) is 0 Å². The predicted octanol–water partition coefficient (Wildman–Crippen LogP) is 3.72. The Labute approximate surface area is 138 Å². The van der Waals surface area contributed by atoms with Gasteiger partial charge in [-0.2, -0.15) is 5.26 Å². The smallest absolute Gasteiger partial charge is 0.273 e. The Balaban J connectivity index is 1.78. The number of rotatable bonds is 6. The van der Waals surface area contributed by atoms with E-state index in [-0.39, 0.29) is 11.7 Å². The number of benzene rings is 1. The number of nitriles is 1. The second-order valence-electron chi connectivity index (χ2n) is 5.62. The summed E-state index contributed by atoms with van der Waals surface area (Å²) in [5.74, 6) is 0.0217. The monoisotopic (exact) mass is 329 g/mol. The van der Waals surface area contributed by atoms with Gasteiger partial charge in [0.05, 0.1) is 12.5 Å². The van der Waals surface area contributed by atoms with Crippen molar-refractivity contribution in [1.29, 1.82) is 5.26 Å². The topological polar surface area (TPSA) is 57.0 Å². The number of halogens is 1. The maximum atomic E-state index is 13.8. The molecular formula is C17H16FN3OS. The summed E-state index contributed by atoms with van der Waals surface area (Å²) in [6, 6.07) is 8.47. The maximum Gasteiger partial charge on any atom is 0.273 e. The number of amides is 1. The molecule has 1 aromatic heterocycles. The molecule has 4 nitrogen and oxygen atoms in total. The number of hydrogen-bond acceptors (Lipinski definition) is 4. The third-order valence-electron chi connectivity index (χ3n) is 3.78. The molecule has 0 unspecified atom stereocenters. The van der Waals surface area contributed by atoms with Crippen LogP contribution >= 0.6 is 11.3 Å². The fourth-order valence-corrected chi connectivity index (χ4v) is 3.19. The molecule has 2 aromatic rings. The van der Waals surface area contributed by atoms with E-state index in [0.29, 0.717) is 41.7 Å². The van der Waals surface area contributed by atoms with Crippen LogP contribution in [-0.2, 0) is 0 Å². The first-order valence-electron chi connectivity index (χ1n) is 7.55. The van der Waals surface area contributed by atoms with Gasteiger partial charge in [0.15, 0.2) is 0 Å². The van der Waals surface area contributed by atoms with Gasteiger partial charge in [0, 0.05) is 24.0 Å². The van der Waals surface area contributed by atoms with Crippen LogP contribution in [0, 0.1) is 23.1 Å². The van der Waals surface area contributed by atoms with Crippen molar-refractivity contribution in [3.05, 3.63) is 41.2 Å². The first-order chi connectivity index (χ1) is 11.2. The molecule has 0 radical (unpaired) electrons. The van der Waals surface area contributed by atoms with Crippen molar-refractivity contribution in [2.24, 2.45) is 5.92 Å². The zero-order valence-electron chi connectivity index (χ0n) is 12.5. The Morgan fingerprint density at radius 1 is 1.43 bits per heavy atom. The van der Waals surface area contributed by atoms with E-state index in [1.165, 1.54) is 17.4 Å². The maximum absolute atomic E-state index is 13.8. The summed E-state index contributed by atoms with van der Waals surface area (Å²) in [6.45, 7) is 1.09. The standard InChI is InChI=1S/C17H16FN3OS/c18-14-5-2-1-4-13(14)16-20-15(11-23-16)17(22)21(9-3-8-19)10-12-6-7-12/h1-2,4-5,11-12H,3,6-7,9-10H2. The number of thiazole rings is 1. The summed E-state index contributed by atoms with van der Waals surface area (Å²) < 4.78 is 13.8. The summed E-state index contributed by atoms with van der Waals surface area (Å²) >= 11 is 1.26. The predicted molar refractivity (Wildman–Crippen MR) is 86.4 cm³/mol. The SMILES string of the molecule is N#CCCN(CC1CC1)C(=O)c1csc(-c2ccccc2F)n1. The number of carbonyl (C=O) groups is 1. The molecule has 1 fully saturated rings. The lowest BCUT2D eigenvalue weighted by atomic mass is 10.2. The molecule has 1 aliphatic carbocycles. The van der Waals surface area contributed by atoms with Crippen molar-refractivity contribution in [2.75, 3.05) is 13.1 Å². The molecule has 0 N–H and O–H groups in total. The molecule has 0 aliphatic heterocycles. The minimum absolute atomic E-state index is 0.175. The molecule has 1 saturated carbocycles. The van der Waals surface area contributed by atoms with E-state index in [4.69, 9.17) is 5.26 Å². The van der Waals surface area contributed by atoms with Crippen LogP contribution in [0.15, 0.2) is 29.6 Å². The highest BCUT2D eigenvalue weighted by Crippen LogP contribution is 2.31. The van der Waals surface area contributed by atoms with E-state index in [9.17, 15) is 9.18 Å². The minimum Gasteiger partial charge on any atom is -0.336 e. The molecular weight excluding hydrogens is 313 g/mol. The fraction of sp³-hybridized carbons (Fsp3) is 0.353. The van der Waals surface area contributed by atoms with Gasteiger partial charge in [0.2, 0.25) is 0 Å². The third kappa shape index (κ3) is 3.74. The molecule has 6 heteroatoms. The number of aromatic nitrogens is 1. The molecule has 0 spiro atoms. The van der Waals surface area contributed by atoms with Gasteiger partial charge in [0.1, 0.15) is 16.5 Å². The van der Waals surface area contributed by atoms with Crippen LogP contribution in [0.2, 0.25) is 0 Å². The lowest BCUT2D eigenvalue weighted by molar-refractivity contribution is 0.0746. The van der Waals surface area contributed by atoms with Crippen molar-refractivity contribution in [2.45, 2.75) is 19.3 Å². The Morgan fingerprint density at radius 3 is 2.91 bits per heavy atom. The van der Waals surface area contributed by atoms with Gasteiger partial charge in [-0.3, -0.25) is 4.79 Å². The van der Waals surface area contributed by atoms with Crippen LogP contribution in [0.5, 0.6) is 0 Å². The zero-order chi connectivity index (χ0) is 16.2. The Bertz CT molecular complexity index is 748. The first-order valence-corrected chi connectivity index (χ1v) is 8.43. The van der Waals surface area contributed by atoms with Gasteiger partial charge in [0.25, 0.3) is 5.91 Å². The summed E-state index contributed by atoms with van der Waals surface area (Å²) in [4.78, 5) is 18.6. The van der Waals surface area contributed by atoms with Gasteiger partial charge < -0.3 is 4.90 Å². The lowest BCUT2D eigenvalue weighted by Gasteiger charge is -2.20. The molecule has 1 amide bonds. The normalized spacial score (nSPS) is 13.6. The molecule has 1 heterocycles. The van der Waals surface area contributed by atoms with Crippen LogP contribution in [-0.4, -0.2) is 28.9 Å². The second-order valence-corrected chi connectivity index (χ2v) is 6.48.